The van der Waals surface area contributed by atoms with Gasteiger partial charge in [0.2, 0.25) is 10.0 Å². The predicted octanol–water partition coefficient (Wildman–Crippen LogP) is 4.17. The zero-order valence-electron chi connectivity index (χ0n) is 14.5. The molecule has 0 spiro atoms. The number of sulfone groups is 1. The second-order valence-electron chi connectivity index (χ2n) is 5.93. The van der Waals surface area contributed by atoms with Crippen molar-refractivity contribution in [1.82, 2.24) is 4.72 Å². The smallest absolute Gasteiger partial charge is 0.223 e. The third-order valence-corrected chi connectivity index (χ3v) is 8.94. The number of thiophene rings is 1. The summed E-state index contributed by atoms with van der Waals surface area (Å²) in [5.41, 5.74) is 0. The third kappa shape index (κ3) is 4.84. The highest BCUT2D eigenvalue weighted by Gasteiger charge is 2.32. The molecule has 0 radical (unpaired) electrons. The molecule has 3 rings (SSSR count). The van der Waals surface area contributed by atoms with Gasteiger partial charge in [-0.2, -0.15) is 0 Å². The lowest BCUT2D eigenvalue weighted by atomic mass is 10.3. The Labute approximate surface area is 175 Å². The molecule has 5 nitrogen and oxygen atoms in total. The first kappa shape index (κ1) is 21.8. The van der Waals surface area contributed by atoms with Gasteiger partial charge in [0.15, 0.2) is 9.84 Å². The first-order valence-electron chi connectivity index (χ1n) is 8.09. The van der Waals surface area contributed by atoms with Gasteiger partial charge in [-0.15, -0.1) is 11.3 Å². The summed E-state index contributed by atoms with van der Waals surface area (Å²) in [6.07, 6.45) is 0. The second-order valence-corrected chi connectivity index (χ2v) is 11.2. The first-order valence-corrected chi connectivity index (χ1v) is 12.4. The van der Waals surface area contributed by atoms with E-state index >= 15 is 0 Å². The minimum absolute atomic E-state index is 0.0450. The van der Waals surface area contributed by atoms with Crippen LogP contribution in [0.4, 0.5) is 8.78 Å². The minimum Gasteiger partial charge on any atom is -0.223 e. The number of sulfonamides is 1. The number of rotatable bonds is 7. The maximum absolute atomic E-state index is 13.9. The van der Waals surface area contributed by atoms with Crippen LogP contribution in [0, 0.1) is 11.6 Å². The molecular weight excluding hydrogens is 464 g/mol. The molecule has 11 heteroatoms. The molecule has 0 aliphatic rings. The number of nitrogens with one attached hydrogen (secondary N) is 1. The van der Waals surface area contributed by atoms with Crippen molar-refractivity contribution < 1.29 is 25.6 Å². The van der Waals surface area contributed by atoms with Crippen molar-refractivity contribution in [3.8, 4) is 0 Å². The van der Waals surface area contributed by atoms with Crippen molar-refractivity contribution in [3.05, 3.63) is 81.5 Å². The molecule has 1 aromatic heterocycles. The summed E-state index contributed by atoms with van der Waals surface area (Å²) in [4.78, 5) is -0.551. The van der Waals surface area contributed by atoms with Gasteiger partial charge in [0.25, 0.3) is 0 Å². The van der Waals surface area contributed by atoms with Crippen molar-refractivity contribution in [2.75, 3.05) is 6.54 Å². The molecule has 0 aliphatic carbocycles. The lowest BCUT2D eigenvalue weighted by Gasteiger charge is -2.18. The van der Waals surface area contributed by atoms with Crippen LogP contribution < -0.4 is 4.72 Å². The highest BCUT2D eigenvalue weighted by molar-refractivity contribution is 7.92. The fourth-order valence-corrected chi connectivity index (χ4v) is 6.72. The lowest BCUT2D eigenvalue weighted by molar-refractivity contribution is 0.544. The van der Waals surface area contributed by atoms with Gasteiger partial charge in [-0.05, 0) is 53.9 Å². The van der Waals surface area contributed by atoms with Crippen molar-refractivity contribution >= 4 is 42.8 Å². The van der Waals surface area contributed by atoms with Gasteiger partial charge in [0.1, 0.15) is 21.8 Å². The Bertz CT molecular complexity index is 1210. The summed E-state index contributed by atoms with van der Waals surface area (Å²) in [7, 11) is -8.50. The molecule has 0 fully saturated rings. The number of halogens is 3. The van der Waals surface area contributed by atoms with Crippen LogP contribution in [0.15, 0.2) is 69.8 Å². The van der Waals surface area contributed by atoms with Crippen LogP contribution in [0.1, 0.15) is 10.1 Å². The van der Waals surface area contributed by atoms with E-state index in [2.05, 4.69) is 4.72 Å². The van der Waals surface area contributed by atoms with Gasteiger partial charge in [-0.1, -0.05) is 17.7 Å². The van der Waals surface area contributed by atoms with Crippen molar-refractivity contribution in [3.63, 3.8) is 0 Å². The Morgan fingerprint density at radius 1 is 1.00 bits per heavy atom. The second kappa shape index (κ2) is 8.49. The molecule has 154 valence electrons. The van der Waals surface area contributed by atoms with E-state index in [9.17, 15) is 25.6 Å². The van der Waals surface area contributed by atoms with E-state index in [1.54, 1.807) is 17.5 Å². The topological polar surface area (TPSA) is 80.3 Å². The van der Waals surface area contributed by atoms with E-state index in [1.165, 1.54) is 24.3 Å². The molecule has 2 aromatic carbocycles. The van der Waals surface area contributed by atoms with Gasteiger partial charge in [0.05, 0.1) is 4.90 Å². The Balaban J connectivity index is 1.95. The summed E-state index contributed by atoms with van der Waals surface area (Å²) in [6, 6.07) is 10.6. The molecule has 0 saturated carbocycles. The maximum Gasteiger partial charge on any atom is 0.243 e. The van der Waals surface area contributed by atoms with E-state index in [1.807, 2.05) is 0 Å². The molecular formula is C18H14ClF2NO4S3. The van der Waals surface area contributed by atoms with E-state index in [-0.39, 0.29) is 4.90 Å². The summed E-state index contributed by atoms with van der Waals surface area (Å²) < 4.78 is 80.5. The molecule has 1 N–H and O–H groups in total. The molecule has 0 saturated heterocycles. The monoisotopic (exact) mass is 477 g/mol. The Morgan fingerprint density at radius 2 is 1.69 bits per heavy atom. The van der Waals surface area contributed by atoms with Crippen LogP contribution in [0.5, 0.6) is 0 Å². The molecule has 1 atom stereocenters. The Morgan fingerprint density at radius 3 is 2.31 bits per heavy atom. The zero-order valence-corrected chi connectivity index (χ0v) is 17.8. The van der Waals surface area contributed by atoms with E-state index in [4.69, 9.17) is 11.6 Å². The zero-order chi connectivity index (χ0) is 21.2. The summed E-state index contributed by atoms with van der Waals surface area (Å²) in [6.45, 7) is -0.566. The average Bonchev–Trinajstić information content (AvgIpc) is 3.18. The lowest BCUT2D eigenvalue weighted by Crippen LogP contribution is -2.32. The van der Waals surface area contributed by atoms with E-state index in [0.717, 1.165) is 17.4 Å². The standard InChI is InChI=1S/C18H14ClF2NO4S3/c19-12-3-6-14(7-4-12)28(23,24)18(16-2-1-9-27-16)11-22-29(25,26)17-10-13(20)5-8-15(17)21/h1-10,18,22H,11H2. The first-order chi connectivity index (χ1) is 13.6. The maximum atomic E-state index is 13.9. The van der Waals surface area contributed by atoms with Crippen LogP contribution in [0.25, 0.3) is 0 Å². The minimum atomic E-state index is -4.49. The summed E-state index contributed by atoms with van der Waals surface area (Å²) in [5.74, 6) is -2.08. The van der Waals surface area contributed by atoms with Gasteiger partial charge in [0, 0.05) is 16.4 Å². The van der Waals surface area contributed by atoms with Crippen LogP contribution in [-0.4, -0.2) is 23.4 Å². The summed E-state index contributed by atoms with van der Waals surface area (Å²) in [5, 5.41) is 0.731. The largest absolute Gasteiger partial charge is 0.243 e. The quantitative estimate of drug-likeness (QED) is 0.553. The Hall–Kier alpha value is -1.85. The number of hydrogen-bond acceptors (Lipinski definition) is 5. The van der Waals surface area contributed by atoms with Gasteiger partial charge in [-0.25, -0.2) is 30.3 Å². The van der Waals surface area contributed by atoms with E-state index in [0.29, 0.717) is 22.0 Å². The molecule has 1 heterocycles. The van der Waals surface area contributed by atoms with Gasteiger partial charge >= 0.3 is 0 Å². The van der Waals surface area contributed by atoms with Crippen LogP contribution in [0.3, 0.4) is 0 Å². The number of benzene rings is 2. The van der Waals surface area contributed by atoms with Crippen LogP contribution in [0.2, 0.25) is 5.02 Å². The van der Waals surface area contributed by atoms with Crippen molar-refractivity contribution in [2.24, 2.45) is 0 Å². The fraction of sp³-hybridized carbons (Fsp3) is 0.111. The van der Waals surface area contributed by atoms with Crippen molar-refractivity contribution in [1.29, 1.82) is 0 Å². The highest BCUT2D eigenvalue weighted by Crippen LogP contribution is 2.32. The molecule has 3 aromatic rings. The molecule has 0 bridgehead atoms. The predicted molar refractivity (Wildman–Crippen MR) is 107 cm³/mol. The SMILES string of the molecule is O=S(=O)(NCC(c1cccs1)S(=O)(=O)c1ccc(Cl)cc1)c1cc(F)ccc1F. The van der Waals surface area contributed by atoms with Gasteiger partial charge < -0.3 is 0 Å². The molecule has 0 amide bonds. The average molecular weight is 478 g/mol. The third-order valence-electron chi connectivity index (χ3n) is 4.02. The molecule has 1 unspecified atom stereocenters. The van der Waals surface area contributed by atoms with Crippen LogP contribution >= 0.6 is 22.9 Å². The summed E-state index contributed by atoms with van der Waals surface area (Å²) >= 11 is 6.94. The Kier molecular flexibility index (Phi) is 6.39. The normalized spacial score (nSPS) is 13.3. The van der Waals surface area contributed by atoms with Gasteiger partial charge in [-0.3, -0.25) is 0 Å². The molecule has 0 aliphatic heterocycles. The molecule has 29 heavy (non-hydrogen) atoms. The number of hydrogen-bond donors (Lipinski definition) is 1. The van der Waals surface area contributed by atoms with E-state index < -0.39 is 48.2 Å². The van der Waals surface area contributed by atoms with Crippen molar-refractivity contribution in [2.45, 2.75) is 15.0 Å². The fourth-order valence-electron chi connectivity index (χ4n) is 2.57. The highest BCUT2D eigenvalue weighted by atomic mass is 35.5. The van der Waals surface area contributed by atoms with Crippen LogP contribution in [-0.2, 0) is 19.9 Å².